The molecular weight excluding hydrogens is 368 g/mol. The minimum atomic E-state index is -0.300. The molecule has 0 unspecified atom stereocenters. The van der Waals surface area contributed by atoms with Gasteiger partial charge in [0.25, 0.3) is 0 Å². The number of nitrogens with one attached hydrogen (secondary N) is 2. The zero-order chi connectivity index (χ0) is 20.2. The number of hydrogen-bond donors (Lipinski definition) is 2. The van der Waals surface area contributed by atoms with Crippen LogP contribution in [-0.4, -0.2) is 60.5 Å². The Bertz CT molecular complexity index is 1220. The molecule has 0 atom stereocenters. The molecule has 1 aliphatic carbocycles. The predicted molar refractivity (Wildman–Crippen MR) is 109 cm³/mol. The van der Waals surface area contributed by atoms with E-state index < -0.39 is 0 Å². The van der Waals surface area contributed by atoms with Crippen LogP contribution in [0.4, 0.5) is 5.95 Å². The minimum Gasteiger partial charge on any atom is -0.351 e. The molecule has 9 nitrogen and oxygen atoms in total. The number of carbonyl (C=O) groups is 1. The first-order valence-corrected chi connectivity index (χ1v) is 9.55. The van der Waals surface area contributed by atoms with Crippen LogP contribution in [0.3, 0.4) is 0 Å². The van der Waals surface area contributed by atoms with Gasteiger partial charge in [-0.2, -0.15) is 10.1 Å². The van der Waals surface area contributed by atoms with Crippen molar-refractivity contribution in [2.75, 3.05) is 19.4 Å². The van der Waals surface area contributed by atoms with E-state index in [0.717, 1.165) is 40.6 Å². The van der Waals surface area contributed by atoms with Gasteiger partial charge in [-0.15, -0.1) is 0 Å². The fraction of sp³-hybridized carbons (Fsp3) is 0.350. The number of rotatable bonds is 4. The maximum Gasteiger partial charge on any atom is 0.228 e. The summed E-state index contributed by atoms with van der Waals surface area (Å²) in [5.74, 6) is 0.744. The Hall–Kier alpha value is -3.49. The summed E-state index contributed by atoms with van der Waals surface area (Å²) in [4.78, 5) is 30.5. The fourth-order valence-electron chi connectivity index (χ4n) is 4.23. The highest BCUT2D eigenvalue weighted by Gasteiger charge is 2.47. The van der Waals surface area contributed by atoms with Crippen LogP contribution in [0.5, 0.6) is 0 Å². The van der Waals surface area contributed by atoms with Crippen LogP contribution in [-0.2, 0) is 4.79 Å². The average Bonchev–Trinajstić information content (AvgIpc) is 3.31. The summed E-state index contributed by atoms with van der Waals surface area (Å²) in [6.07, 6.45) is 8.73. The number of pyridine rings is 1. The number of nitrogens with zero attached hydrogens (tertiary/aromatic N) is 6. The third kappa shape index (κ3) is 2.89. The average molecular weight is 390 g/mol. The van der Waals surface area contributed by atoms with Gasteiger partial charge in [-0.3, -0.25) is 4.79 Å². The van der Waals surface area contributed by atoms with E-state index in [1.165, 1.54) is 6.33 Å². The fourth-order valence-corrected chi connectivity index (χ4v) is 4.23. The van der Waals surface area contributed by atoms with Crippen LogP contribution >= 0.6 is 0 Å². The Morgan fingerprint density at radius 2 is 2.17 bits per heavy atom. The van der Waals surface area contributed by atoms with Crippen LogP contribution in [0.25, 0.3) is 27.8 Å². The summed E-state index contributed by atoms with van der Waals surface area (Å²) in [5, 5.41) is 8.43. The van der Waals surface area contributed by atoms with E-state index >= 15 is 0 Å². The summed E-state index contributed by atoms with van der Waals surface area (Å²) in [5.41, 5.74) is 3.30. The SMILES string of the molecule is CN(C)C(=O)C1(C)CC(Nc2ncc3c(-c4ccn5ncnc5c4)c[nH]c3n2)C1. The van der Waals surface area contributed by atoms with Crippen LogP contribution in [0.1, 0.15) is 19.8 Å². The van der Waals surface area contributed by atoms with Crippen molar-refractivity contribution in [1.82, 2.24) is 34.4 Å². The molecule has 9 heteroatoms. The van der Waals surface area contributed by atoms with Crippen LogP contribution in [0, 0.1) is 5.41 Å². The van der Waals surface area contributed by atoms with Crippen molar-refractivity contribution in [3.8, 4) is 11.1 Å². The topological polar surface area (TPSA) is 104 Å². The van der Waals surface area contributed by atoms with Crippen molar-refractivity contribution in [1.29, 1.82) is 0 Å². The van der Waals surface area contributed by atoms with E-state index in [1.54, 1.807) is 23.5 Å². The van der Waals surface area contributed by atoms with Gasteiger partial charge in [0.15, 0.2) is 5.65 Å². The van der Waals surface area contributed by atoms with Crippen molar-refractivity contribution in [3.05, 3.63) is 37.1 Å². The third-order valence-corrected chi connectivity index (χ3v) is 5.67. The first-order valence-electron chi connectivity index (χ1n) is 9.55. The summed E-state index contributed by atoms with van der Waals surface area (Å²) in [6, 6.07) is 4.18. The maximum atomic E-state index is 12.3. The lowest BCUT2D eigenvalue weighted by Gasteiger charge is -2.45. The number of H-pyrrole nitrogens is 1. The molecule has 1 fully saturated rings. The van der Waals surface area contributed by atoms with Crippen LogP contribution < -0.4 is 5.32 Å². The highest BCUT2D eigenvalue weighted by molar-refractivity contribution is 5.94. The number of carbonyl (C=O) groups excluding carboxylic acids is 1. The highest BCUT2D eigenvalue weighted by atomic mass is 16.2. The molecule has 0 aliphatic heterocycles. The van der Waals surface area contributed by atoms with Crippen LogP contribution in [0.2, 0.25) is 0 Å². The molecule has 4 aromatic rings. The first-order chi connectivity index (χ1) is 13.9. The molecule has 4 aromatic heterocycles. The number of aromatic amines is 1. The van der Waals surface area contributed by atoms with Gasteiger partial charge in [-0.25, -0.2) is 14.5 Å². The lowest BCUT2D eigenvalue weighted by molar-refractivity contribution is -0.143. The van der Waals surface area contributed by atoms with Crippen molar-refractivity contribution in [2.45, 2.75) is 25.8 Å². The normalized spacial score (nSPS) is 21.3. The van der Waals surface area contributed by atoms with Gasteiger partial charge >= 0.3 is 0 Å². The second kappa shape index (κ2) is 6.26. The molecule has 148 valence electrons. The van der Waals surface area contributed by atoms with Gasteiger partial charge in [0, 0.05) is 49.7 Å². The first kappa shape index (κ1) is 17.6. The van der Waals surface area contributed by atoms with Gasteiger partial charge in [-0.1, -0.05) is 6.92 Å². The number of anilines is 1. The van der Waals surface area contributed by atoms with Crippen molar-refractivity contribution in [2.24, 2.45) is 5.41 Å². The van der Waals surface area contributed by atoms with Crippen LogP contribution in [0.15, 0.2) is 37.1 Å². The molecule has 5 rings (SSSR count). The molecule has 29 heavy (non-hydrogen) atoms. The summed E-state index contributed by atoms with van der Waals surface area (Å²) >= 11 is 0. The number of hydrogen-bond acceptors (Lipinski definition) is 6. The molecule has 2 N–H and O–H groups in total. The van der Waals surface area contributed by atoms with E-state index in [1.807, 2.05) is 37.6 Å². The zero-order valence-corrected chi connectivity index (χ0v) is 16.5. The van der Waals surface area contributed by atoms with Crippen molar-refractivity contribution in [3.63, 3.8) is 0 Å². The van der Waals surface area contributed by atoms with E-state index in [2.05, 4.69) is 30.4 Å². The van der Waals surface area contributed by atoms with Crippen molar-refractivity contribution >= 4 is 28.5 Å². The maximum absolute atomic E-state index is 12.3. The molecule has 1 amide bonds. The molecule has 0 spiro atoms. The summed E-state index contributed by atoms with van der Waals surface area (Å²) in [6.45, 7) is 2.01. The molecule has 1 aliphatic rings. The van der Waals surface area contributed by atoms with Gasteiger partial charge in [0.2, 0.25) is 11.9 Å². The Balaban J connectivity index is 1.35. The van der Waals surface area contributed by atoms with Gasteiger partial charge in [0.1, 0.15) is 12.0 Å². The quantitative estimate of drug-likeness (QED) is 0.554. The van der Waals surface area contributed by atoms with E-state index in [-0.39, 0.29) is 17.4 Å². The lowest BCUT2D eigenvalue weighted by atomic mass is 9.66. The molecule has 0 aromatic carbocycles. The van der Waals surface area contributed by atoms with E-state index in [0.29, 0.717) is 5.95 Å². The molecule has 0 bridgehead atoms. The highest BCUT2D eigenvalue weighted by Crippen LogP contribution is 2.43. The molecule has 1 saturated carbocycles. The smallest absolute Gasteiger partial charge is 0.228 e. The molecule has 4 heterocycles. The summed E-state index contributed by atoms with van der Waals surface area (Å²) in [7, 11) is 3.60. The second-order valence-electron chi connectivity index (χ2n) is 8.15. The standard InChI is InChI=1S/C20H22N8O/c1-20(18(29)27(2)3)7-13(8-20)25-19-22-10-15-14(9-21-17(15)26-19)12-4-5-28-16(6-12)23-11-24-28/h4-6,9-11,13H,7-8H2,1-3H3,(H2,21,22,25,26). The summed E-state index contributed by atoms with van der Waals surface area (Å²) < 4.78 is 1.73. The Labute approximate surface area is 167 Å². The lowest BCUT2D eigenvalue weighted by Crippen LogP contribution is -2.52. The van der Waals surface area contributed by atoms with E-state index in [9.17, 15) is 4.79 Å². The van der Waals surface area contributed by atoms with E-state index in [4.69, 9.17) is 0 Å². The Kier molecular flexibility index (Phi) is 3.80. The third-order valence-electron chi connectivity index (χ3n) is 5.67. The molecule has 0 saturated heterocycles. The number of amides is 1. The predicted octanol–water partition coefficient (Wildman–Crippen LogP) is 2.34. The number of aromatic nitrogens is 6. The Morgan fingerprint density at radius 1 is 1.34 bits per heavy atom. The second-order valence-corrected chi connectivity index (χ2v) is 8.15. The monoisotopic (exact) mass is 390 g/mol. The minimum absolute atomic E-state index is 0.172. The van der Waals surface area contributed by atoms with Crippen molar-refractivity contribution < 1.29 is 4.79 Å². The Morgan fingerprint density at radius 3 is 2.97 bits per heavy atom. The molecular formula is C20H22N8O. The zero-order valence-electron chi connectivity index (χ0n) is 16.5. The largest absolute Gasteiger partial charge is 0.351 e. The number of fused-ring (bicyclic) bond motifs is 2. The van der Waals surface area contributed by atoms with Gasteiger partial charge in [0.05, 0.1) is 5.41 Å². The molecule has 0 radical (unpaired) electrons. The van der Waals surface area contributed by atoms with Gasteiger partial charge in [-0.05, 0) is 30.5 Å². The van der Waals surface area contributed by atoms with Gasteiger partial charge < -0.3 is 15.2 Å².